The maximum atomic E-state index is 13.6. The molecular formula is C12H9BrF3N3. The van der Waals surface area contributed by atoms with Gasteiger partial charge in [0.1, 0.15) is 5.82 Å². The van der Waals surface area contributed by atoms with Crippen LogP contribution in [0, 0.1) is 17.5 Å². The average molecular weight is 332 g/mol. The van der Waals surface area contributed by atoms with Crippen LogP contribution in [0.5, 0.6) is 0 Å². The monoisotopic (exact) mass is 331 g/mol. The van der Waals surface area contributed by atoms with E-state index in [1.165, 1.54) is 19.2 Å². The third kappa shape index (κ3) is 2.81. The molecule has 0 atom stereocenters. The van der Waals surface area contributed by atoms with E-state index in [0.29, 0.717) is 10.5 Å². The van der Waals surface area contributed by atoms with Crippen LogP contribution < -0.4 is 10.6 Å². The first kappa shape index (κ1) is 13.7. The Kier molecular flexibility index (Phi) is 3.94. The third-order valence-corrected chi connectivity index (χ3v) is 3.03. The van der Waals surface area contributed by atoms with E-state index in [4.69, 9.17) is 0 Å². The Labute approximate surface area is 116 Å². The summed E-state index contributed by atoms with van der Waals surface area (Å²) in [6.45, 7) is 0. The Morgan fingerprint density at radius 2 is 1.74 bits per heavy atom. The summed E-state index contributed by atoms with van der Waals surface area (Å²) in [5.74, 6) is -2.70. The van der Waals surface area contributed by atoms with Crippen molar-refractivity contribution in [1.29, 1.82) is 0 Å². The Balaban J connectivity index is 2.44. The predicted octanol–water partition coefficient (Wildman–Crippen LogP) is 4.05. The quantitative estimate of drug-likeness (QED) is 0.891. The summed E-state index contributed by atoms with van der Waals surface area (Å²) in [6.07, 6.45) is 0. The van der Waals surface area contributed by atoms with Crippen molar-refractivity contribution in [2.75, 3.05) is 17.7 Å². The molecule has 1 aromatic carbocycles. The first-order valence-corrected chi connectivity index (χ1v) is 6.07. The number of hydrogen-bond acceptors (Lipinski definition) is 3. The summed E-state index contributed by atoms with van der Waals surface area (Å²) in [5.41, 5.74) is 0.0301. The summed E-state index contributed by atoms with van der Waals surface area (Å²) in [7, 11) is 1.45. The summed E-state index contributed by atoms with van der Waals surface area (Å²) < 4.78 is 40.8. The standard InChI is InChI=1S/C12H9BrF3N3/c1-17-11-8(15)5-9(16)12(19-11)18-10-6(13)3-2-4-7(10)14/h2-5H,1H3,(H2,17,18,19). The molecule has 1 aromatic heterocycles. The van der Waals surface area contributed by atoms with Crippen LogP contribution in [0.1, 0.15) is 0 Å². The molecule has 1 heterocycles. The number of nitrogens with zero attached hydrogens (tertiary/aromatic N) is 1. The Hall–Kier alpha value is -1.76. The fraction of sp³-hybridized carbons (Fsp3) is 0.0833. The Morgan fingerprint density at radius 3 is 2.37 bits per heavy atom. The molecule has 100 valence electrons. The third-order valence-electron chi connectivity index (χ3n) is 2.37. The number of rotatable bonds is 3. The fourth-order valence-electron chi connectivity index (χ4n) is 1.47. The molecule has 0 saturated heterocycles. The number of nitrogens with one attached hydrogen (secondary N) is 2. The average Bonchev–Trinajstić information content (AvgIpc) is 2.36. The highest BCUT2D eigenvalue weighted by Gasteiger charge is 2.14. The molecule has 0 fully saturated rings. The van der Waals surface area contributed by atoms with E-state index in [0.717, 1.165) is 0 Å². The van der Waals surface area contributed by atoms with Gasteiger partial charge in [-0.1, -0.05) is 6.07 Å². The lowest BCUT2D eigenvalue weighted by Crippen LogP contribution is -2.04. The maximum Gasteiger partial charge on any atom is 0.169 e. The zero-order valence-corrected chi connectivity index (χ0v) is 11.4. The van der Waals surface area contributed by atoms with E-state index in [9.17, 15) is 13.2 Å². The highest BCUT2D eigenvalue weighted by Crippen LogP contribution is 2.29. The van der Waals surface area contributed by atoms with Gasteiger partial charge in [0.2, 0.25) is 0 Å². The molecule has 19 heavy (non-hydrogen) atoms. The number of aromatic nitrogens is 1. The summed E-state index contributed by atoms with van der Waals surface area (Å²) in [4.78, 5) is 3.71. The van der Waals surface area contributed by atoms with E-state index in [1.54, 1.807) is 6.07 Å². The normalized spacial score (nSPS) is 10.4. The first-order chi connectivity index (χ1) is 9.02. The molecule has 0 aliphatic heterocycles. The van der Waals surface area contributed by atoms with Gasteiger partial charge in [0.15, 0.2) is 23.3 Å². The second-order valence-corrected chi connectivity index (χ2v) is 4.48. The number of pyridine rings is 1. The number of para-hydroxylation sites is 1. The van der Waals surface area contributed by atoms with Gasteiger partial charge in [0.25, 0.3) is 0 Å². The molecule has 0 radical (unpaired) electrons. The zero-order chi connectivity index (χ0) is 14.0. The SMILES string of the molecule is CNc1nc(Nc2c(F)cccc2Br)c(F)cc1F. The van der Waals surface area contributed by atoms with Gasteiger partial charge in [-0.25, -0.2) is 18.2 Å². The number of benzene rings is 1. The van der Waals surface area contributed by atoms with Crippen molar-refractivity contribution in [2.45, 2.75) is 0 Å². The van der Waals surface area contributed by atoms with Crippen molar-refractivity contribution in [2.24, 2.45) is 0 Å². The van der Waals surface area contributed by atoms with Crippen LogP contribution in [0.3, 0.4) is 0 Å². The Morgan fingerprint density at radius 1 is 1.05 bits per heavy atom. The molecule has 3 nitrogen and oxygen atoms in total. The minimum absolute atomic E-state index is 0.0301. The minimum Gasteiger partial charge on any atom is -0.371 e. The Bertz CT molecular complexity index is 599. The van der Waals surface area contributed by atoms with Gasteiger partial charge in [-0.3, -0.25) is 0 Å². The highest BCUT2D eigenvalue weighted by molar-refractivity contribution is 9.10. The molecule has 2 aromatic rings. The molecule has 0 bridgehead atoms. The van der Waals surface area contributed by atoms with Crippen LogP contribution >= 0.6 is 15.9 Å². The molecule has 0 spiro atoms. The number of hydrogen-bond donors (Lipinski definition) is 2. The predicted molar refractivity (Wildman–Crippen MR) is 71.1 cm³/mol. The molecule has 0 aliphatic rings. The van der Waals surface area contributed by atoms with Gasteiger partial charge in [-0.2, -0.15) is 0 Å². The van der Waals surface area contributed by atoms with Gasteiger partial charge >= 0.3 is 0 Å². The zero-order valence-electron chi connectivity index (χ0n) is 9.77. The molecule has 2 rings (SSSR count). The molecule has 7 heteroatoms. The summed E-state index contributed by atoms with van der Waals surface area (Å²) in [5, 5.41) is 4.98. The summed E-state index contributed by atoms with van der Waals surface area (Å²) in [6, 6.07) is 4.98. The molecule has 0 unspecified atom stereocenters. The van der Waals surface area contributed by atoms with E-state index in [1.807, 2.05) is 0 Å². The number of halogens is 4. The maximum absolute atomic E-state index is 13.6. The van der Waals surface area contributed by atoms with Crippen molar-refractivity contribution in [1.82, 2.24) is 4.98 Å². The highest BCUT2D eigenvalue weighted by atomic mass is 79.9. The van der Waals surface area contributed by atoms with E-state index >= 15 is 0 Å². The van der Waals surface area contributed by atoms with Crippen molar-refractivity contribution in [3.8, 4) is 0 Å². The lowest BCUT2D eigenvalue weighted by atomic mass is 10.3. The topological polar surface area (TPSA) is 37.0 Å². The summed E-state index contributed by atoms with van der Waals surface area (Å²) >= 11 is 3.14. The molecule has 0 aliphatic carbocycles. The largest absolute Gasteiger partial charge is 0.371 e. The van der Waals surface area contributed by atoms with Gasteiger partial charge in [-0.05, 0) is 28.1 Å². The molecule has 0 saturated carbocycles. The molecule has 2 N–H and O–H groups in total. The lowest BCUT2D eigenvalue weighted by molar-refractivity contribution is 0.579. The number of anilines is 3. The lowest BCUT2D eigenvalue weighted by Gasteiger charge is -2.11. The van der Waals surface area contributed by atoms with Crippen LogP contribution in [0.2, 0.25) is 0 Å². The van der Waals surface area contributed by atoms with Crippen LogP contribution in [-0.2, 0) is 0 Å². The van der Waals surface area contributed by atoms with Crippen LogP contribution in [0.15, 0.2) is 28.7 Å². The second kappa shape index (κ2) is 5.48. The smallest absolute Gasteiger partial charge is 0.169 e. The van der Waals surface area contributed by atoms with Crippen LogP contribution in [-0.4, -0.2) is 12.0 Å². The van der Waals surface area contributed by atoms with Crippen LogP contribution in [0.25, 0.3) is 0 Å². The van der Waals surface area contributed by atoms with Gasteiger partial charge in [0.05, 0.1) is 5.69 Å². The van der Waals surface area contributed by atoms with Crippen molar-refractivity contribution < 1.29 is 13.2 Å². The van der Waals surface area contributed by atoms with Crippen LogP contribution in [0.4, 0.5) is 30.5 Å². The second-order valence-electron chi connectivity index (χ2n) is 3.62. The van der Waals surface area contributed by atoms with E-state index in [-0.39, 0.29) is 17.3 Å². The minimum atomic E-state index is -0.911. The molecule has 0 amide bonds. The van der Waals surface area contributed by atoms with Gasteiger partial charge < -0.3 is 10.6 Å². The van der Waals surface area contributed by atoms with Gasteiger partial charge in [0, 0.05) is 17.6 Å². The fourth-order valence-corrected chi connectivity index (χ4v) is 1.91. The van der Waals surface area contributed by atoms with Crippen molar-refractivity contribution in [3.05, 3.63) is 46.2 Å². The van der Waals surface area contributed by atoms with Crippen molar-refractivity contribution in [3.63, 3.8) is 0 Å². The first-order valence-electron chi connectivity index (χ1n) is 5.27. The van der Waals surface area contributed by atoms with Crippen molar-refractivity contribution >= 4 is 33.3 Å². The van der Waals surface area contributed by atoms with E-state index in [2.05, 4.69) is 31.5 Å². The molecular weight excluding hydrogens is 323 g/mol. The van der Waals surface area contributed by atoms with E-state index < -0.39 is 17.5 Å². The van der Waals surface area contributed by atoms with Gasteiger partial charge in [-0.15, -0.1) is 0 Å².